The van der Waals surface area contributed by atoms with Crippen LogP contribution in [0.3, 0.4) is 0 Å². The zero-order valence-electron chi connectivity index (χ0n) is 20.2. The van der Waals surface area contributed by atoms with Gasteiger partial charge in [0.15, 0.2) is 5.69 Å². The smallest absolute Gasteiger partial charge is 0.346 e. The number of halogens is 6. The summed E-state index contributed by atoms with van der Waals surface area (Å²) in [6, 6.07) is 8.82. The van der Waals surface area contributed by atoms with Gasteiger partial charge in [-0.2, -0.15) is 18.3 Å². The summed E-state index contributed by atoms with van der Waals surface area (Å²) >= 11 is 6.00. The van der Waals surface area contributed by atoms with E-state index in [1.54, 1.807) is 24.3 Å². The van der Waals surface area contributed by atoms with Crippen molar-refractivity contribution in [3.05, 3.63) is 99.9 Å². The Balaban J connectivity index is 1.70. The van der Waals surface area contributed by atoms with Crippen LogP contribution in [0.15, 0.2) is 55.0 Å². The lowest BCUT2D eigenvalue weighted by atomic mass is 9.96. The van der Waals surface area contributed by atoms with Gasteiger partial charge < -0.3 is 5.32 Å². The van der Waals surface area contributed by atoms with Crippen LogP contribution in [0.4, 0.5) is 22.0 Å². The summed E-state index contributed by atoms with van der Waals surface area (Å²) in [5, 5.41) is 6.81. The van der Waals surface area contributed by atoms with Gasteiger partial charge in [0.25, 0.3) is 0 Å². The molecule has 0 spiro atoms. The maximum Gasteiger partial charge on any atom is 0.435 e. The van der Waals surface area contributed by atoms with Crippen molar-refractivity contribution in [2.75, 3.05) is 0 Å². The number of hydrogen-bond acceptors (Lipinski definition) is 4. The average molecular weight is 550 g/mol. The molecule has 1 atom stereocenters. The van der Waals surface area contributed by atoms with E-state index in [-0.39, 0.29) is 23.2 Å². The van der Waals surface area contributed by atoms with Gasteiger partial charge in [0.05, 0.1) is 11.7 Å². The van der Waals surface area contributed by atoms with Gasteiger partial charge in [0.2, 0.25) is 5.91 Å². The lowest BCUT2D eigenvalue weighted by Crippen LogP contribution is -2.34. The number of nitrogens with one attached hydrogen (secondary N) is 1. The molecule has 1 unspecified atom stereocenters. The minimum Gasteiger partial charge on any atom is -0.346 e. The van der Waals surface area contributed by atoms with Gasteiger partial charge in [-0.1, -0.05) is 23.7 Å². The highest BCUT2D eigenvalue weighted by molar-refractivity contribution is 6.30. The third-order valence-corrected chi connectivity index (χ3v) is 6.25. The molecule has 1 N–H and O–H groups in total. The van der Waals surface area contributed by atoms with Gasteiger partial charge in [-0.15, -0.1) is 0 Å². The topological polar surface area (TPSA) is 72.7 Å². The van der Waals surface area contributed by atoms with E-state index >= 15 is 0 Å². The minimum atomic E-state index is -4.67. The number of carbonyl (C=O) groups is 1. The Hall–Kier alpha value is -3.86. The molecule has 2 heterocycles. The monoisotopic (exact) mass is 549 g/mol. The Morgan fingerprint density at radius 3 is 2.34 bits per heavy atom. The number of amides is 1. The number of aromatic nitrogens is 4. The van der Waals surface area contributed by atoms with Gasteiger partial charge in [-0.25, -0.2) is 18.7 Å². The van der Waals surface area contributed by atoms with Crippen LogP contribution in [-0.4, -0.2) is 25.7 Å². The molecule has 1 amide bonds. The molecule has 38 heavy (non-hydrogen) atoms. The average Bonchev–Trinajstić information content (AvgIpc) is 3.12. The highest BCUT2D eigenvalue weighted by Crippen LogP contribution is 2.32. The summed E-state index contributed by atoms with van der Waals surface area (Å²) in [7, 11) is 0. The summed E-state index contributed by atoms with van der Waals surface area (Å²) < 4.78 is 68.7. The fourth-order valence-electron chi connectivity index (χ4n) is 4.08. The van der Waals surface area contributed by atoms with Crippen LogP contribution >= 0.6 is 11.6 Å². The van der Waals surface area contributed by atoms with Crippen molar-refractivity contribution in [3.8, 4) is 11.1 Å². The molecule has 0 fully saturated rings. The number of benzene rings is 2. The molecule has 0 radical (unpaired) electrons. The predicted molar refractivity (Wildman–Crippen MR) is 130 cm³/mol. The molecule has 6 nitrogen and oxygen atoms in total. The second-order valence-corrected chi connectivity index (χ2v) is 9.08. The van der Waals surface area contributed by atoms with Crippen LogP contribution < -0.4 is 5.32 Å². The summed E-state index contributed by atoms with van der Waals surface area (Å²) in [6.07, 6.45) is -1.96. The Morgan fingerprint density at radius 2 is 1.74 bits per heavy atom. The van der Waals surface area contributed by atoms with Crippen LogP contribution in [0.25, 0.3) is 11.1 Å². The second kappa shape index (κ2) is 10.9. The molecule has 0 saturated carbocycles. The van der Waals surface area contributed by atoms with Crippen molar-refractivity contribution in [2.45, 2.75) is 39.0 Å². The van der Waals surface area contributed by atoms with Gasteiger partial charge in [-0.05, 0) is 55.7 Å². The zero-order chi connectivity index (χ0) is 27.6. The Labute approximate surface area is 219 Å². The first-order chi connectivity index (χ1) is 17.9. The first kappa shape index (κ1) is 27.2. The largest absolute Gasteiger partial charge is 0.435 e. The number of alkyl halides is 3. The highest BCUT2D eigenvalue weighted by Gasteiger charge is 2.37. The Bertz CT molecular complexity index is 1450. The standard InChI is InChI=1S/C26H21ClF5N5O/c1-14-15(2)37(36-25(14)26(30,31)32)12-23(38)35-22(9-16-7-19(28)10-20(29)8-16)24-21(11-33-13-34-24)17-3-5-18(27)6-4-17/h3-8,10-11,13,22H,9,12H2,1-2H3,(H,35,38). The number of nitrogens with zero attached hydrogens (tertiary/aromatic N) is 4. The molecule has 4 aromatic rings. The van der Waals surface area contributed by atoms with E-state index in [0.29, 0.717) is 21.8 Å². The van der Waals surface area contributed by atoms with Gasteiger partial charge in [0.1, 0.15) is 24.5 Å². The number of hydrogen-bond donors (Lipinski definition) is 1. The van der Waals surface area contributed by atoms with Crippen LogP contribution in [-0.2, 0) is 23.9 Å². The van der Waals surface area contributed by atoms with Crippen LogP contribution in [0.1, 0.15) is 34.3 Å². The van der Waals surface area contributed by atoms with E-state index in [2.05, 4.69) is 20.4 Å². The molecule has 0 saturated heterocycles. The van der Waals surface area contributed by atoms with E-state index in [9.17, 15) is 26.7 Å². The first-order valence-electron chi connectivity index (χ1n) is 11.3. The number of rotatable bonds is 7. The molecular weight excluding hydrogens is 529 g/mol. The molecule has 4 rings (SSSR count). The Morgan fingerprint density at radius 1 is 1.08 bits per heavy atom. The van der Waals surface area contributed by atoms with Crippen LogP contribution in [0, 0.1) is 25.5 Å². The second-order valence-electron chi connectivity index (χ2n) is 8.64. The van der Waals surface area contributed by atoms with Gasteiger partial charge in [0, 0.05) is 34.1 Å². The summed E-state index contributed by atoms with van der Waals surface area (Å²) in [5.74, 6) is -2.27. The molecule has 0 aliphatic carbocycles. The highest BCUT2D eigenvalue weighted by atomic mass is 35.5. The SMILES string of the molecule is Cc1c(C(F)(F)F)nn(CC(=O)NC(Cc2cc(F)cc(F)c2)c2ncncc2-c2ccc(Cl)cc2)c1C. The van der Waals surface area contributed by atoms with E-state index in [1.165, 1.54) is 26.4 Å². The lowest BCUT2D eigenvalue weighted by molar-refractivity contribution is -0.142. The van der Waals surface area contributed by atoms with Gasteiger partial charge >= 0.3 is 6.18 Å². The lowest BCUT2D eigenvalue weighted by Gasteiger charge is -2.21. The third kappa shape index (κ3) is 6.16. The summed E-state index contributed by atoms with van der Waals surface area (Å²) in [5.41, 5.74) is 0.789. The molecule has 0 bridgehead atoms. The molecule has 0 aliphatic heterocycles. The molecule has 0 aliphatic rings. The van der Waals surface area contributed by atoms with E-state index in [4.69, 9.17) is 11.6 Å². The third-order valence-electron chi connectivity index (χ3n) is 5.99. The van der Waals surface area contributed by atoms with Gasteiger partial charge in [-0.3, -0.25) is 9.48 Å². The maximum absolute atomic E-state index is 13.9. The minimum absolute atomic E-state index is 0.0665. The maximum atomic E-state index is 13.9. The van der Waals surface area contributed by atoms with Crippen molar-refractivity contribution < 1.29 is 26.7 Å². The molecule has 12 heteroatoms. The van der Waals surface area contributed by atoms with Crippen molar-refractivity contribution in [1.82, 2.24) is 25.1 Å². The van der Waals surface area contributed by atoms with Crippen molar-refractivity contribution in [2.24, 2.45) is 0 Å². The summed E-state index contributed by atoms with van der Waals surface area (Å²) in [6.45, 7) is 2.19. The summed E-state index contributed by atoms with van der Waals surface area (Å²) in [4.78, 5) is 21.5. The van der Waals surface area contributed by atoms with E-state index in [1.807, 2.05) is 0 Å². The quantitative estimate of drug-likeness (QED) is 0.287. The van der Waals surface area contributed by atoms with Crippen molar-refractivity contribution in [1.29, 1.82) is 0 Å². The molecule has 198 valence electrons. The predicted octanol–water partition coefficient (Wildman–Crippen LogP) is 6.01. The fourth-order valence-corrected chi connectivity index (χ4v) is 4.21. The fraction of sp³-hybridized carbons (Fsp3) is 0.231. The van der Waals surface area contributed by atoms with Crippen molar-refractivity contribution >= 4 is 17.5 Å². The number of carbonyl (C=O) groups excluding carboxylic acids is 1. The van der Waals surface area contributed by atoms with E-state index < -0.39 is 42.0 Å². The Kier molecular flexibility index (Phi) is 7.77. The van der Waals surface area contributed by atoms with Crippen LogP contribution in [0.2, 0.25) is 5.02 Å². The molecular formula is C26H21ClF5N5O. The van der Waals surface area contributed by atoms with E-state index in [0.717, 1.165) is 22.9 Å². The molecule has 2 aromatic heterocycles. The zero-order valence-corrected chi connectivity index (χ0v) is 20.9. The van der Waals surface area contributed by atoms with Crippen molar-refractivity contribution in [3.63, 3.8) is 0 Å². The first-order valence-corrected chi connectivity index (χ1v) is 11.7. The normalized spacial score (nSPS) is 12.4. The molecule has 2 aromatic carbocycles. The van der Waals surface area contributed by atoms with Crippen LogP contribution in [0.5, 0.6) is 0 Å².